The van der Waals surface area contributed by atoms with Crippen LogP contribution in [-0.2, 0) is 12.4 Å². The number of nitriles is 1. The third-order valence-corrected chi connectivity index (χ3v) is 7.93. The molecule has 0 aliphatic carbocycles. The van der Waals surface area contributed by atoms with E-state index < -0.39 is 35.1 Å². The Morgan fingerprint density at radius 3 is 1.48 bits per heavy atom. The molecular weight excluding hydrogens is 644 g/mol. The van der Waals surface area contributed by atoms with Gasteiger partial charge in [0.1, 0.15) is 28.0 Å². The van der Waals surface area contributed by atoms with Crippen molar-refractivity contribution in [3.05, 3.63) is 118 Å². The van der Waals surface area contributed by atoms with Crippen molar-refractivity contribution in [2.24, 2.45) is 10.1 Å². The molecule has 0 N–H and O–H groups in total. The largest absolute Gasteiger partial charge is 0.416 e. The number of rotatable bonds is 2. The first-order chi connectivity index (χ1) is 22.8. The van der Waals surface area contributed by atoms with E-state index in [0.717, 1.165) is 24.3 Å². The highest BCUT2D eigenvalue weighted by molar-refractivity contribution is 6.15. The number of aromatic nitrogens is 2. The van der Waals surface area contributed by atoms with E-state index in [2.05, 4.69) is 15.0 Å². The molecule has 6 aromatic carbocycles. The predicted molar refractivity (Wildman–Crippen MR) is 159 cm³/mol. The molecule has 0 radical (unpaired) electrons. The molecule has 0 unspecified atom stereocenters. The van der Waals surface area contributed by atoms with E-state index in [1.165, 1.54) is 36.4 Å². The Kier molecular flexibility index (Phi) is 6.73. The summed E-state index contributed by atoms with van der Waals surface area (Å²) in [7, 11) is 0. The molecule has 6 nitrogen and oxygen atoms in total. The Morgan fingerprint density at radius 2 is 1.06 bits per heavy atom. The Labute approximate surface area is 262 Å². The van der Waals surface area contributed by atoms with Gasteiger partial charge < -0.3 is 0 Å². The highest BCUT2D eigenvalue weighted by Crippen LogP contribution is 2.37. The summed E-state index contributed by atoms with van der Waals surface area (Å²) in [6.07, 6.45) is -7.78. The van der Waals surface area contributed by atoms with Gasteiger partial charge in [0.25, 0.3) is 0 Å². The van der Waals surface area contributed by atoms with E-state index in [4.69, 9.17) is 16.5 Å². The summed E-state index contributed by atoms with van der Waals surface area (Å²) in [5.74, 6) is -2.22. The molecule has 7 aromatic rings. The lowest BCUT2D eigenvalue weighted by atomic mass is 10.0. The van der Waals surface area contributed by atoms with Crippen LogP contribution in [0, 0.1) is 29.7 Å². The highest BCUT2D eigenvalue weighted by atomic mass is 19.4. The molecule has 14 heteroatoms. The Bertz CT molecular complexity index is 2520. The van der Waals surface area contributed by atoms with Crippen LogP contribution in [0.25, 0.3) is 70.8 Å². The first-order valence-corrected chi connectivity index (χ1v) is 13.7. The van der Waals surface area contributed by atoms with Crippen molar-refractivity contribution in [2.75, 3.05) is 0 Å². The van der Waals surface area contributed by atoms with Crippen LogP contribution in [0.1, 0.15) is 11.1 Å². The predicted octanol–water partition coefficient (Wildman–Crippen LogP) is 8.73. The van der Waals surface area contributed by atoms with E-state index in [1.807, 2.05) is 0 Å². The van der Waals surface area contributed by atoms with Gasteiger partial charge in [-0.3, -0.25) is 0 Å². The quantitative estimate of drug-likeness (QED) is 0.0808. The van der Waals surface area contributed by atoms with Crippen molar-refractivity contribution in [3.63, 3.8) is 0 Å². The average molecular weight is 656 g/mol. The van der Waals surface area contributed by atoms with Gasteiger partial charge in [-0.15, -0.1) is 4.95 Å². The van der Waals surface area contributed by atoms with Gasteiger partial charge in [-0.25, -0.2) is 18.7 Å². The molecule has 0 saturated carbocycles. The molecule has 0 spiro atoms. The number of nitrogens with zero attached hydrogens (tertiary/aromatic N) is 6. The minimum Gasteiger partial charge on any atom is -0.241 e. The lowest BCUT2D eigenvalue weighted by Gasteiger charge is -2.09. The Morgan fingerprint density at radius 1 is 0.604 bits per heavy atom. The van der Waals surface area contributed by atoms with Gasteiger partial charge in [-0.2, -0.15) is 43.2 Å². The topological polar surface area (TPSA) is 78.6 Å². The Balaban J connectivity index is 1.46. The van der Waals surface area contributed by atoms with Gasteiger partial charge >= 0.3 is 12.4 Å². The molecular formula is C34H12F8N6. The van der Waals surface area contributed by atoms with Gasteiger partial charge in [0.2, 0.25) is 6.19 Å². The molecule has 0 bridgehead atoms. The fourth-order valence-electron chi connectivity index (χ4n) is 5.79. The molecule has 1 heterocycles. The molecule has 48 heavy (non-hydrogen) atoms. The zero-order valence-corrected chi connectivity index (χ0v) is 23.6. The van der Waals surface area contributed by atoms with Crippen molar-refractivity contribution in [1.82, 2.24) is 9.97 Å². The number of halogens is 8. The van der Waals surface area contributed by atoms with Crippen LogP contribution in [0.3, 0.4) is 0 Å². The second-order valence-corrected chi connectivity index (χ2v) is 10.6. The summed E-state index contributed by atoms with van der Waals surface area (Å²) in [4.78, 5) is 16.5. The summed E-state index contributed by atoms with van der Waals surface area (Å²) in [5.41, 5.74) is -1.35. The number of alkyl halides is 6. The molecule has 0 fully saturated rings. The zero-order chi connectivity index (χ0) is 34.1. The molecule has 0 amide bonds. The van der Waals surface area contributed by atoms with E-state index in [0.29, 0.717) is 33.7 Å². The molecule has 0 aliphatic heterocycles. The van der Waals surface area contributed by atoms with Crippen LogP contribution >= 0.6 is 0 Å². The fourth-order valence-corrected chi connectivity index (χ4v) is 5.79. The number of benzene rings is 4. The average Bonchev–Trinajstić information content (AvgIpc) is 3.50. The molecule has 0 aliphatic rings. The third-order valence-electron chi connectivity index (χ3n) is 7.93. The molecule has 7 rings (SSSR count). The van der Waals surface area contributed by atoms with Gasteiger partial charge in [0.15, 0.2) is 5.36 Å². The maximum atomic E-state index is 14.9. The van der Waals surface area contributed by atoms with Crippen LogP contribution in [0.2, 0.25) is 0 Å². The van der Waals surface area contributed by atoms with Crippen molar-refractivity contribution >= 4 is 43.6 Å². The van der Waals surface area contributed by atoms with Crippen LogP contribution in [0.15, 0.2) is 82.9 Å². The van der Waals surface area contributed by atoms with Crippen LogP contribution in [0.4, 0.5) is 35.1 Å². The zero-order valence-electron chi connectivity index (χ0n) is 23.6. The first-order valence-electron chi connectivity index (χ1n) is 13.7. The van der Waals surface area contributed by atoms with Crippen molar-refractivity contribution in [3.8, 4) is 28.4 Å². The fraction of sp³-hybridized carbons (Fsp3) is 0.0588. The number of hydrogen-bond acceptors (Lipinski definition) is 5. The standard InChI is InChI=1S/C34H12F8N6/c1-44-48-30-24-11-16(20-9-5-18(13-26(20)36)34(40,41)42)3-7-22(24)29-32(30)47-28-21-6-2-15(10-23(21)27(45-14-43)31(28)46-29)19-8-4-17(12-25(19)35)33(37,38)39/h2-13H/b45-27?,48-30+. The van der Waals surface area contributed by atoms with E-state index in [9.17, 15) is 40.4 Å². The van der Waals surface area contributed by atoms with Gasteiger partial charge in [0.05, 0.1) is 27.3 Å². The number of fused-ring (bicyclic) bond motifs is 6. The summed E-state index contributed by atoms with van der Waals surface area (Å²) in [6, 6.07) is 13.2. The van der Waals surface area contributed by atoms with Gasteiger partial charge in [-0.05, 0) is 47.5 Å². The SMILES string of the molecule is [C-]#[N+]/N=c1\c2cc(-c3ccc(C(F)(F)F)cc3F)ccc2c2nc3c(=NC#N)c4cc(-c5ccc(C(F)(F)F)cc5F)ccc4c3nc12. The molecule has 0 saturated heterocycles. The molecule has 234 valence electrons. The summed E-state index contributed by atoms with van der Waals surface area (Å²) >= 11 is 0. The Hall–Kier alpha value is -6.28. The summed E-state index contributed by atoms with van der Waals surface area (Å²) in [6.45, 7) is 7.39. The summed E-state index contributed by atoms with van der Waals surface area (Å²) < 4.78 is 108. The van der Waals surface area contributed by atoms with Gasteiger partial charge in [0, 0.05) is 32.7 Å². The minimum atomic E-state index is -4.74. The maximum Gasteiger partial charge on any atom is 0.416 e. The first kappa shape index (κ1) is 30.4. The van der Waals surface area contributed by atoms with Gasteiger partial charge in [-0.1, -0.05) is 36.4 Å². The number of hydrogen-bond donors (Lipinski definition) is 0. The lowest BCUT2D eigenvalue weighted by Crippen LogP contribution is -2.05. The highest BCUT2D eigenvalue weighted by Gasteiger charge is 2.32. The van der Waals surface area contributed by atoms with Crippen LogP contribution < -0.4 is 10.7 Å². The molecule has 1 aromatic heterocycles. The smallest absolute Gasteiger partial charge is 0.241 e. The summed E-state index contributed by atoms with van der Waals surface area (Å²) in [5, 5.41) is 15.0. The van der Waals surface area contributed by atoms with Crippen molar-refractivity contribution < 1.29 is 35.1 Å². The van der Waals surface area contributed by atoms with E-state index >= 15 is 0 Å². The van der Waals surface area contributed by atoms with Crippen LogP contribution in [0.5, 0.6) is 0 Å². The van der Waals surface area contributed by atoms with Crippen molar-refractivity contribution in [2.45, 2.75) is 12.4 Å². The normalized spacial score (nSPS) is 13.2. The molecule has 0 atom stereocenters. The van der Waals surface area contributed by atoms with Crippen LogP contribution in [-0.4, -0.2) is 9.97 Å². The monoisotopic (exact) mass is 656 g/mol. The van der Waals surface area contributed by atoms with Crippen molar-refractivity contribution in [1.29, 1.82) is 5.26 Å². The second kappa shape index (κ2) is 10.6. The minimum absolute atomic E-state index is 0.0625. The maximum absolute atomic E-state index is 14.9. The van der Waals surface area contributed by atoms with E-state index in [1.54, 1.807) is 6.19 Å². The lowest BCUT2D eigenvalue weighted by molar-refractivity contribution is -0.138. The second-order valence-electron chi connectivity index (χ2n) is 10.6. The third kappa shape index (κ3) is 4.77. The van der Waals surface area contributed by atoms with E-state index in [-0.39, 0.29) is 55.0 Å².